The Labute approximate surface area is 205 Å². The van der Waals surface area contributed by atoms with Crippen LogP contribution in [0.25, 0.3) is 11.1 Å². The first-order valence-corrected chi connectivity index (χ1v) is 11.8. The van der Waals surface area contributed by atoms with Gasteiger partial charge in [-0.3, -0.25) is 0 Å². The minimum atomic E-state index is -0.748. The third-order valence-corrected chi connectivity index (χ3v) is 7.18. The molecule has 3 aromatic carbocycles. The van der Waals surface area contributed by atoms with Gasteiger partial charge in [0.25, 0.3) is 0 Å². The number of hydrogen-bond donors (Lipinski definition) is 0. The van der Waals surface area contributed by atoms with E-state index < -0.39 is 11.9 Å². The molecule has 1 aliphatic rings. The van der Waals surface area contributed by atoms with Crippen LogP contribution in [-0.2, 0) is 15.6 Å². The van der Waals surface area contributed by atoms with Crippen LogP contribution in [0.5, 0.6) is 5.75 Å². The van der Waals surface area contributed by atoms with E-state index in [0.717, 1.165) is 29.7 Å². The Balaban J connectivity index is 1.69. The molecule has 0 bridgehead atoms. The van der Waals surface area contributed by atoms with Gasteiger partial charge in [-0.25, -0.2) is 9.59 Å². The van der Waals surface area contributed by atoms with E-state index in [4.69, 9.17) is 21.1 Å². The Hall–Kier alpha value is -3.11. The average molecular weight is 477 g/mol. The fraction of sp³-hybridized carbons (Fsp3) is 0.310. The zero-order valence-corrected chi connectivity index (χ0v) is 21.0. The summed E-state index contributed by atoms with van der Waals surface area (Å²) in [6.07, 6.45) is 2.20. The number of benzene rings is 3. The van der Waals surface area contributed by atoms with Crippen molar-refractivity contribution in [1.82, 2.24) is 0 Å². The van der Waals surface area contributed by atoms with Crippen molar-refractivity contribution in [2.75, 3.05) is 7.11 Å². The van der Waals surface area contributed by atoms with E-state index in [9.17, 15) is 9.59 Å². The molecule has 0 N–H and O–H groups in total. The molecule has 0 amide bonds. The van der Waals surface area contributed by atoms with Crippen molar-refractivity contribution < 1.29 is 19.1 Å². The summed E-state index contributed by atoms with van der Waals surface area (Å²) < 4.78 is 10.8. The third kappa shape index (κ3) is 4.47. The molecule has 0 saturated heterocycles. The summed E-state index contributed by atoms with van der Waals surface area (Å²) in [5.41, 5.74) is 4.80. The van der Waals surface area contributed by atoms with Crippen LogP contribution in [0.4, 0.5) is 0 Å². The van der Waals surface area contributed by atoms with Gasteiger partial charge in [0.1, 0.15) is 5.75 Å². The molecular formula is C29H29ClO4. The lowest BCUT2D eigenvalue weighted by atomic mass is 9.62. The summed E-state index contributed by atoms with van der Waals surface area (Å²) in [4.78, 5) is 24.8. The highest BCUT2D eigenvalue weighted by molar-refractivity contribution is 6.33. The van der Waals surface area contributed by atoms with Crippen molar-refractivity contribution in [2.24, 2.45) is 0 Å². The monoisotopic (exact) mass is 476 g/mol. The van der Waals surface area contributed by atoms with Crippen LogP contribution >= 0.6 is 11.6 Å². The number of ether oxygens (including phenoxy) is 2. The highest BCUT2D eigenvalue weighted by atomic mass is 35.5. The van der Waals surface area contributed by atoms with Gasteiger partial charge in [-0.05, 0) is 71.2 Å². The molecule has 3 aromatic rings. The topological polar surface area (TPSA) is 52.6 Å². The van der Waals surface area contributed by atoms with Crippen LogP contribution in [0.15, 0.2) is 60.7 Å². The lowest BCUT2D eigenvalue weighted by Crippen LogP contribution is -2.33. The second-order valence-corrected chi connectivity index (χ2v) is 10.5. The molecule has 5 heteroatoms. The number of methoxy groups -OCH3 is 1. The first kappa shape index (κ1) is 24.0. The lowest BCUT2D eigenvalue weighted by Gasteiger charge is -2.42. The predicted molar refractivity (Wildman–Crippen MR) is 135 cm³/mol. The Morgan fingerprint density at radius 3 is 1.94 bits per heavy atom. The molecule has 0 fully saturated rings. The summed E-state index contributed by atoms with van der Waals surface area (Å²) in [6, 6.07) is 17.6. The van der Waals surface area contributed by atoms with Gasteiger partial charge in [-0.1, -0.05) is 63.6 Å². The second kappa shape index (κ2) is 8.92. The van der Waals surface area contributed by atoms with E-state index in [1.807, 2.05) is 0 Å². The number of carbonyl (C=O) groups is 2. The lowest BCUT2D eigenvalue weighted by molar-refractivity contribution is 0.0398. The van der Waals surface area contributed by atoms with Crippen molar-refractivity contribution in [3.05, 3.63) is 87.9 Å². The summed E-state index contributed by atoms with van der Waals surface area (Å²) in [6.45, 7) is 9.07. The molecule has 4 rings (SSSR count). The fourth-order valence-corrected chi connectivity index (χ4v) is 4.89. The van der Waals surface area contributed by atoms with E-state index in [1.54, 1.807) is 49.6 Å². The van der Waals surface area contributed by atoms with Crippen LogP contribution in [0, 0.1) is 0 Å². The summed E-state index contributed by atoms with van der Waals surface area (Å²) >= 11 is 6.65. The molecule has 1 aliphatic carbocycles. The second-order valence-electron chi connectivity index (χ2n) is 10.1. The van der Waals surface area contributed by atoms with Gasteiger partial charge in [-0.15, -0.1) is 0 Å². The maximum absolute atomic E-state index is 12.6. The number of halogens is 1. The predicted octanol–water partition coefficient (Wildman–Crippen LogP) is 7.36. The molecule has 0 unspecified atom stereocenters. The van der Waals surface area contributed by atoms with Gasteiger partial charge in [0.05, 0.1) is 18.2 Å². The molecular weight excluding hydrogens is 448 g/mol. The molecule has 34 heavy (non-hydrogen) atoms. The van der Waals surface area contributed by atoms with Crippen LogP contribution in [0.3, 0.4) is 0 Å². The Morgan fingerprint density at radius 1 is 0.765 bits per heavy atom. The van der Waals surface area contributed by atoms with E-state index in [1.165, 1.54) is 17.2 Å². The molecule has 0 radical (unpaired) electrons. The molecule has 0 atom stereocenters. The smallest absolute Gasteiger partial charge is 0.346 e. The van der Waals surface area contributed by atoms with Crippen molar-refractivity contribution in [3.8, 4) is 16.9 Å². The average Bonchev–Trinajstić information content (AvgIpc) is 2.82. The maximum atomic E-state index is 12.6. The molecule has 4 nitrogen and oxygen atoms in total. The van der Waals surface area contributed by atoms with Crippen LogP contribution < -0.4 is 4.74 Å². The highest BCUT2D eigenvalue weighted by Gasteiger charge is 2.38. The summed E-state index contributed by atoms with van der Waals surface area (Å²) in [5, 5.41) is 0.382. The number of esters is 2. The van der Waals surface area contributed by atoms with Gasteiger partial charge in [0.15, 0.2) is 0 Å². The van der Waals surface area contributed by atoms with Crippen LogP contribution in [0.2, 0.25) is 5.02 Å². The zero-order chi connectivity index (χ0) is 24.7. The minimum absolute atomic E-state index is 0.0277. The Morgan fingerprint density at radius 2 is 1.35 bits per heavy atom. The first-order valence-electron chi connectivity index (χ1n) is 11.4. The minimum Gasteiger partial charge on any atom is -0.496 e. The van der Waals surface area contributed by atoms with Gasteiger partial charge >= 0.3 is 11.9 Å². The first-order chi connectivity index (χ1) is 16.0. The maximum Gasteiger partial charge on any atom is 0.346 e. The zero-order valence-electron chi connectivity index (χ0n) is 20.2. The molecule has 0 spiro atoms. The van der Waals surface area contributed by atoms with Gasteiger partial charge in [0, 0.05) is 16.1 Å². The summed E-state index contributed by atoms with van der Waals surface area (Å²) in [5.74, 6) is -0.712. The Kier molecular flexibility index (Phi) is 6.30. The van der Waals surface area contributed by atoms with E-state index >= 15 is 0 Å². The van der Waals surface area contributed by atoms with E-state index in [2.05, 4.69) is 39.8 Å². The largest absolute Gasteiger partial charge is 0.496 e. The molecule has 176 valence electrons. The normalized spacial score (nSPS) is 15.8. The number of carbonyl (C=O) groups excluding carboxylic acids is 2. The van der Waals surface area contributed by atoms with Gasteiger partial charge < -0.3 is 9.47 Å². The number of fused-ring (bicyclic) bond motifs is 1. The van der Waals surface area contributed by atoms with Crippen molar-refractivity contribution in [3.63, 3.8) is 0 Å². The fourth-order valence-electron chi connectivity index (χ4n) is 4.61. The molecule has 0 heterocycles. The molecule has 0 aromatic heterocycles. The van der Waals surface area contributed by atoms with Crippen molar-refractivity contribution in [2.45, 2.75) is 51.4 Å². The van der Waals surface area contributed by atoms with Crippen molar-refractivity contribution >= 4 is 23.5 Å². The van der Waals surface area contributed by atoms with Crippen molar-refractivity contribution in [1.29, 1.82) is 0 Å². The Bertz CT molecular complexity index is 1260. The molecule has 0 saturated carbocycles. The van der Waals surface area contributed by atoms with E-state index in [-0.39, 0.29) is 16.4 Å². The quantitative estimate of drug-likeness (QED) is 0.291. The van der Waals surface area contributed by atoms with Gasteiger partial charge in [0.2, 0.25) is 0 Å². The van der Waals surface area contributed by atoms with Gasteiger partial charge in [-0.2, -0.15) is 0 Å². The molecule has 0 aliphatic heterocycles. The SMILES string of the molecule is COc1cc2c(cc1-c1ccc(C(=O)OC(=O)c3ccccc3)cc1Cl)C(C)(C)CCC2(C)C. The standard InChI is InChI=1S/C29H29ClO4/c1-28(2)13-14-29(3,4)23-17-25(33-5)21(16-22(23)28)20-12-11-19(15-24(20)30)27(32)34-26(31)18-9-7-6-8-10-18/h6-12,15-17H,13-14H2,1-5H3. The van der Waals surface area contributed by atoms with Crippen LogP contribution in [0.1, 0.15) is 72.4 Å². The van der Waals surface area contributed by atoms with Crippen LogP contribution in [-0.4, -0.2) is 19.0 Å². The highest BCUT2D eigenvalue weighted by Crippen LogP contribution is 2.49. The summed E-state index contributed by atoms with van der Waals surface area (Å²) in [7, 11) is 1.65. The third-order valence-electron chi connectivity index (χ3n) is 6.86. The number of hydrogen-bond acceptors (Lipinski definition) is 4. The number of rotatable bonds is 4. The van der Waals surface area contributed by atoms with E-state index in [0.29, 0.717) is 10.6 Å².